The predicted octanol–water partition coefficient (Wildman–Crippen LogP) is 3.33. The molecule has 0 amide bonds. The molecule has 1 aliphatic heterocycles. The first-order valence-electron chi connectivity index (χ1n) is 5.50. The monoisotopic (exact) mass is 219 g/mol. The van der Waals surface area contributed by atoms with E-state index in [9.17, 15) is 0 Å². The van der Waals surface area contributed by atoms with Crippen LogP contribution in [0.2, 0.25) is 0 Å². The Bertz CT molecular complexity index is 583. The van der Waals surface area contributed by atoms with Gasteiger partial charge < -0.3 is 5.32 Å². The molecule has 0 atom stereocenters. The van der Waals surface area contributed by atoms with Crippen LogP contribution in [0.15, 0.2) is 59.7 Å². The van der Waals surface area contributed by atoms with Gasteiger partial charge in [-0.15, -0.1) is 0 Å². The van der Waals surface area contributed by atoms with Gasteiger partial charge in [-0.1, -0.05) is 42.5 Å². The van der Waals surface area contributed by atoms with Crippen molar-refractivity contribution in [1.29, 1.82) is 0 Å². The molecule has 0 bridgehead atoms. The number of hydrogen-bond acceptors (Lipinski definition) is 2. The van der Waals surface area contributed by atoms with Crippen molar-refractivity contribution >= 4 is 17.6 Å². The Balaban J connectivity index is 2.02. The van der Waals surface area contributed by atoms with Crippen LogP contribution in [0.5, 0.6) is 0 Å². The van der Waals surface area contributed by atoms with Crippen molar-refractivity contribution in [2.24, 2.45) is 4.99 Å². The minimum atomic E-state index is 0.861. The van der Waals surface area contributed by atoms with E-state index in [0.29, 0.717) is 0 Å². The van der Waals surface area contributed by atoms with Crippen LogP contribution < -0.4 is 5.32 Å². The Kier molecular flexibility index (Phi) is 2.47. The van der Waals surface area contributed by atoms with E-state index < -0.39 is 0 Å². The molecular weight excluding hydrogens is 208 g/mol. The van der Waals surface area contributed by atoms with Crippen LogP contribution in [0.3, 0.4) is 0 Å². The SMILES string of the molecule is [c]1ccc(C2=NC=Cc3ccccc3N2)cc1. The molecule has 81 valence electrons. The average Bonchev–Trinajstić information content (AvgIpc) is 2.62. The summed E-state index contributed by atoms with van der Waals surface area (Å²) in [6.45, 7) is 0. The highest BCUT2D eigenvalue weighted by atomic mass is 15.0. The van der Waals surface area contributed by atoms with Gasteiger partial charge in [0, 0.05) is 17.5 Å². The summed E-state index contributed by atoms with van der Waals surface area (Å²) in [6.07, 6.45) is 3.83. The summed E-state index contributed by atoms with van der Waals surface area (Å²) in [4.78, 5) is 4.42. The highest BCUT2D eigenvalue weighted by Gasteiger charge is 2.07. The molecule has 0 fully saturated rings. The third kappa shape index (κ3) is 1.97. The lowest BCUT2D eigenvalue weighted by molar-refractivity contribution is 1.51. The van der Waals surface area contributed by atoms with E-state index in [1.807, 2.05) is 48.7 Å². The maximum absolute atomic E-state index is 4.42. The molecule has 1 radical (unpaired) electrons. The topological polar surface area (TPSA) is 24.4 Å². The van der Waals surface area contributed by atoms with E-state index in [4.69, 9.17) is 0 Å². The number of nitrogens with zero attached hydrogens (tertiary/aromatic N) is 1. The normalized spacial score (nSPS) is 13.3. The second kappa shape index (κ2) is 4.26. The quantitative estimate of drug-likeness (QED) is 0.781. The number of nitrogens with one attached hydrogen (secondary N) is 1. The molecule has 2 nitrogen and oxygen atoms in total. The van der Waals surface area contributed by atoms with Crippen molar-refractivity contribution in [2.45, 2.75) is 0 Å². The number of aliphatic imine (C=N–C) groups is 1. The van der Waals surface area contributed by atoms with Crippen LogP contribution in [0.4, 0.5) is 5.69 Å². The Morgan fingerprint density at radius 1 is 1.00 bits per heavy atom. The standard InChI is InChI=1S/C15H11N2/c1-2-7-13(8-3-1)15-16-11-10-12-6-4-5-9-14(12)17-15/h2-11H,(H,16,17). The zero-order valence-corrected chi connectivity index (χ0v) is 9.22. The van der Waals surface area contributed by atoms with Crippen molar-refractivity contribution in [3.05, 3.63) is 71.9 Å². The lowest BCUT2D eigenvalue weighted by Gasteiger charge is -2.09. The lowest BCUT2D eigenvalue weighted by Crippen LogP contribution is -2.12. The predicted molar refractivity (Wildman–Crippen MR) is 70.9 cm³/mol. The third-order valence-corrected chi connectivity index (χ3v) is 2.66. The van der Waals surface area contributed by atoms with Gasteiger partial charge in [0.05, 0.1) is 0 Å². The summed E-state index contributed by atoms with van der Waals surface area (Å²) in [5.41, 5.74) is 3.28. The fourth-order valence-electron chi connectivity index (χ4n) is 1.80. The molecule has 2 aromatic carbocycles. The summed E-state index contributed by atoms with van der Waals surface area (Å²) < 4.78 is 0. The molecule has 1 N–H and O–H groups in total. The maximum atomic E-state index is 4.42. The second-order valence-corrected chi connectivity index (χ2v) is 3.79. The molecule has 0 aromatic heterocycles. The van der Waals surface area contributed by atoms with Crippen LogP contribution in [-0.4, -0.2) is 5.84 Å². The molecule has 1 heterocycles. The highest BCUT2D eigenvalue weighted by molar-refractivity contribution is 6.10. The van der Waals surface area contributed by atoms with Crippen molar-refractivity contribution in [3.8, 4) is 0 Å². The molecule has 0 saturated heterocycles. The van der Waals surface area contributed by atoms with Gasteiger partial charge >= 0.3 is 0 Å². The molecular formula is C15H11N2. The lowest BCUT2D eigenvalue weighted by atomic mass is 10.1. The summed E-state index contributed by atoms with van der Waals surface area (Å²) >= 11 is 0. The van der Waals surface area contributed by atoms with Gasteiger partial charge in [0.1, 0.15) is 5.84 Å². The fraction of sp³-hybridized carbons (Fsp3) is 0. The Morgan fingerprint density at radius 3 is 2.71 bits per heavy atom. The summed E-state index contributed by atoms with van der Waals surface area (Å²) in [7, 11) is 0. The molecule has 0 unspecified atom stereocenters. The maximum Gasteiger partial charge on any atom is 0.137 e. The van der Waals surface area contributed by atoms with E-state index in [0.717, 1.165) is 22.6 Å². The minimum absolute atomic E-state index is 0.861. The van der Waals surface area contributed by atoms with E-state index in [1.54, 1.807) is 0 Å². The Hall–Kier alpha value is -2.35. The van der Waals surface area contributed by atoms with Gasteiger partial charge in [0.25, 0.3) is 0 Å². The van der Waals surface area contributed by atoms with Crippen LogP contribution >= 0.6 is 0 Å². The summed E-state index contributed by atoms with van der Waals surface area (Å²) in [5, 5.41) is 3.35. The average molecular weight is 219 g/mol. The van der Waals surface area contributed by atoms with Crippen LogP contribution in [0, 0.1) is 6.07 Å². The van der Waals surface area contributed by atoms with Gasteiger partial charge in [-0.2, -0.15) is 0 Å². The second-order valence-electron chi connectivity index (χ2n) is 3.79. The zero-order valence-electron chi connectivity index (χ0n) is 9.22. The molecule has 2 aromatic rings. The van der Waals surface area contributed by atoms with Crippen molar-refractivity contribution in [3.63, 3.8) is 0 Å². The summed E-state index contributed by atoms with van der Waals surface area (Å²) in [5.74, 6) is 0.861. The molecule has 2 heteroatoms. The number of rotatable bonds is 1. The number of amidine groups is 1. The molecule has 0 spiro atoms. The smallest absolute Gasteiger partial charge is 0.137 e. The third-order valence-electron chi connectivity index (χ3n) is 2.66. The molecule has 1 aliphatic rings. The van der Waals surface area contributed by atoms with Crippen molar-refractivity contribution in [1.82, 2.24) is 0 Å². The Labute approximate surface area is 100 Å². The van der Waals surface area contributed by atoms with Gasteiger partial charge in [0.15, 0.2) is 0 Å². The van der Waals surface area contributed by atoms with E-state index >= 15 is 0 Å². The molecule has 3 rings (SSSR count). The number of anilines is 1. The molecule has 0 aliphatic carbocycles. The number of para-hydroxylation sites is 1. The van der Waals surface area contributed by atoms with Crippen molar-refractivity contribution in [2.75, 3.05) is 5.32 Å². The van der Waals surface area contributed by atoms with E-state index in [2.05, 4.69) is 28.5 Å². The molecule has 0 saturated carbocycles. The first kappa shape index (κ1) is 9.85. The first-order valence-corrected chi connectivity index (χ1v) is 5.50. The van der Waals surface area contributed by atoms with E-state index in [-0.39, 0.29) is 0 Å². The van der Waals surface area contributed by atoms with Gasteiger partial charge in [-0.25, -0.2) is 4.99 Å². The van der Waals surface area contributed by atoms with Crippen LogP contribution in [-0.2, 0) is 0 Å². The van der Waals surface area contributed by atoms with Gasteiger partial charge in [0.2, 0.25) is 0 Å². The van der Waals surface area contributed by atoms with E-state index in [1.165, 1.54) is 0 Å². The van der Waals surface area contributed by atoms with Gasteiger partial charge in [-0.3, -0.25) is 0 Å². The van der Waals surface area contributed by atoms with Crippen molar-refractivity contribution < 1.29 is 0 Å². The summed E-state index contributed by atoms with van der Waals surface area (Å²) in [6, 6.07) is 18.9. The zero-order chi connectivity index (χ0) is 11.5. The fourth-order valence-corrected chi connectivity index (χ4v) is 1.80. The number of benzene rings is 2. The highest BCUT2D eigenvalue weighted by Crippen LogP contribution is 2.20. The number of fused-ring (bicyclic) bond motifs is 1. The molecule has 17 heavy (non-hydrogen) atoms. The minimum Gasteiger partial charge on any atom is -0.339 e. The number of hydrogen-bond donors (Lipinski definition) is 1. The van der Waals surface area contributed by atoms with Gasteiger partial charge in [-0.05, 0) is 23.8 Å². The first-order chi connectivity index (χ1) is 8.43. The van der Waals surface area contributed by atoms with Crippen LogP contribution in [0.1, 0.15) is 11.1 Å². The Morgan fingerprint density at radius 2 is 1.82 bits per heavy atom. The largest absolute Gasteiger partial charge is 0.339 e. The van der Waals surface area contributed by atoms with Crippen LogP contribution in [0.25, 0.3) is 6.08 Å².